The minimum Gasteiger partial charge on any atom is -0.387 e. The third-order valence-corrected chi connectivity index (χ3v) is 4.04. The monoisotopic (exact) mass is 277 g/mol. The van der Waals surface area contributed by atoms with Gasteiger partial charge in [0.1, 0.15) is 0 Å². The average molecular weight is 277 g/mol. The molecule has 2 heteroatoms. The highest BCUT2D eigenvalue weighted by Gasteiger charge is 2.22. The first-order valence-corrected chi connectivity index (χ1v) is 8.00. The molecule has 20 heavy (non-hydrogen) atoms. The Kier molecular flexibility index (Phi) is 7.25. The molecule has 2 nitrogen and oxygen atoms in total. The molecule has 114 valence electrons. The van der Waals surface area contributed by atoms with E-state index in [1.165, 1.54) is 36.0 Å². The summed E-state index contributed by atoms with van der Waals surface area (Å²) >= 11 is 0. The van der Waals surface area contributed by atoms with Gasteiger partial charge in [0.05, 0.1) is 6.10 Å². The van der Waals surface area contributed by atoms with Crippen LogP contribution in [-0.2, 0) is 0 Å². The van der Waals surface area contributed by atoms with Crippen LogP contribution in [0.3, 0.4) is 0 Å². The fraction of sp³-hybridized carbons (Fsp3) is 0.667. The third kappa shape index (κ3) is 4.60. The van der Waals surface area contributed by atoms with Crippen LogP contribution in [0.4, 0.5) is 0 Å². The van der Waals surface area contributed by atoms with Gasteiger partial charge in [0.2, 0.25) is 0 Å². The average Bonchev–Trinajstić information content (AvgIpc) is 2.37. The molecule has 1 aromatic rings. The molecule has 0 aliphatic carbocycles. The summed E-state index contributed by atoms with van der Waals surface area (Å²) in [5.41, 5.74) is 4.76. The number of benzene rings is 1. The van der Waals surface area contributed by atoms with Gasteiger partial charge in [-0.05, 0) is 56.8 Å². The Morgan fingerprint density at radius 2 is 1.65 bits per heavy atom. The fourth-order valence-electron chi connectivity index (χ4n) is 3.00. The lowest BCUT2D eigenvalue weighted by molar-refractivity contribution is 0.124. The van der Waals surface area contributed by atoms with Gasteiger partial charge in [-0.3, -0.25) is 0 Å². The van der Waals surface area contributed by atoms with Gasteiger partial charge in [-0.1, -0.05) is 44.4 Å². The number of aryl methyl sites for hydroxylation is 3. The molecule has 0 amide bonds. The second-order valence-electron chi connectivity index (χ2n) is 5.93. The summed E-state index contributed by atoms with van der Waals surface area (Å²) in [5.74, 6) is 0. The molecule has 0 spiro atoms. The molecule has 1 rings (SSSR count). The van der Waals surface area contributed by atoms with Crippen LogP contribution in [0.5, 0.6) is 0 Å². The van der Waals surface area contributed by atoms with Crippen molar-refractivity contribution in [3.05, 3.63) is 34.4 Å². The predicted octanol–water partition coefficient (Wildman–Crippen LogP) is 4.20. The Morgan fingerprint density at radius 3 is 2.15 bits per heavy atom. The number of nitrogens with one attached hydrogen (secondary N) is 1. The molecule has 1 aromatic carbocycles. The number of unbranched alkanes of at least 4 members (excludes halogenated alkanes) is 2. The van der Waals surface area contributed by atoms with Crippen LogP contribution in [0.15, 0.2) is 12.1 Å². The zero-order valence-electron chi connectivity index (χ0n) is 13.8. The highest BCUT2D eigenvalue weighted by atomic mass is 16.3. The largest absolute Gasteiger partial charge is 0.387 e. The van der Waals surface area contributed by atoms with Crippen LogP contribution < -0.4 is 5.32 Å². The maximum Gasteiger partial charge on any atom is 0.0947 e. The van der Waals surface area contributed by atoms with Crippen molar-refractivity contribution >= 4 is 0 Å². The maximum atomic E-state index is 10.7. The molecule has 2 N–H and O–H groups in total. The third-order valence-electron chi connectivity index (χ3n) is 4.04. The lowest BCUT2D eigenvalue weighted by Crippen LogP contribution is -2.35. The summed E-state index contributed by atoms with van der Waals surface area (Å²) in [6.45, 7) is 11.7. The molecule has 0 aromatic heterocycles. The molecule has 0 saturated carbocycles. The molecular formula is C18H31NO. The first-order valence-electron chi connectivity index (χ1n) is 8.00. The summed E-state index contributed by atoms with van der Waals surface area (Å²) in [6.07, 6.45) is 4.20. The molecule has 0 heterocycles. The normalized spacial score (nSPS) is 14.3. The minimum atomic E-state index is -0.415. The first-order chi connectivity index (χ1) is 9.51. The van der Waals surface area contributed by atoms with Crippen LogP contribution in [0.2, 0.25) is 0 Å². The minimum absolute atomic E-state index is 0.145. The summed E-state index contributed by atoms with van der Waals surface area (Å²) in [6, 6.07) is 4.47. The van der Waals surface area contributed by atoms with Crippen molar-refractivity contribution in [1.82, 2.24) is 5.32 Å². The molecular weight excluding hydrogens is 246 g/mol. The van der Waals surface area contributed by atoms with E-state index in [1.807, 2.05) is 0 Å². The zero-order chi connectivity index (χ0) is 15.1. The Bertz CT molecular complexity index is 391. The molecule has 0 bridgehead atoms. The van der Waals surface area contributed by atoms with E-state index in [0.29, 0.717) is 0 Å². The van der Waals surface area contributed by atoms with Crippen molar-refractivity contribution in [3.8, 4) is 0 Å². The van der Waals surface area contributed by atoms with Crippen molar-refractivity contribution in [3.63, 3.8) is 0 Å². The zero-order valence-corrected chi connectivity index (χ0v) is 13.8. The van der Waals surface area contributed by atoms with E-state index in [4.69, 9.17) is 0 Å². The van der Waals surface area contributed by atoms with Crippen molar-refractivity contribution in [2.45, 2.75) is 72.4 Å². The van der Waals surface area contributed by atoms with Gasteiger partial charge in [0.25, 0.3) is 0 Å². The van der Waals surface area contributed by atoms with E-state index in [1.54, 1.807) is 0 Å². The van der Waals surface area contributed by atoms with Crippen LogP contribution >= 0.6 is 0 Å². The molecule has 0 aliphatic heterocycles. The second kappa shape index (κ2) is 8.43. The number of aliphatic hydroxyl groups excluding tert-OH is 1. The van der Waals surface area contributed by atoms with Crippen molar-refractivity contribution in [1.29, 1.82) is 0 Å². The van der Waals surface area contributed by atoms with Gasteiger partial charge >= 0.3 is 0 Å². The second-order valence-corrected chi connectivity index (χ2v) is 5.93. The molecule has 2 atom stereocenters. The molecule has 2 unspecified atom stereocenters. The lowest BCUT2D eigenvalue weighted by atomic mass is 9.91. The standard InChI is InChI=1S/C18H31NO/c1-6-8-9-10-19-16(7-2)18(20)17-14(4)11-13(3)12-15(17)5/h11-12,16,18-20H,6-10H2,1-5H3. The van der Waals surface area contributed by atoms with Crippen molar-refractivity contribution < 1.29 is 5.11 Å². The number of rotatable bonds is 8. The van der Waals surface area contributed by atoms with E-state index >= 15 is 0 Å². The lowest BCUT2D eigenvalue weighted by Gasteiger charge is -2.26. The molecule has 0 aliphatic rings. The Hall–Kier alpha value is -0.860. The quantitative estimate of drug-likeness (QED) is 0.698. The number of aliphatic hydroxyl groups is 1. The predicted molar refractivity (Wildman–Crippen MR) is 87.2 cm³/mol. The van der Waals surface area contributed by atoms with Crippen molar-refractivity contribution in [2.24, 2.45) is 0 Å². The van der Waals surface area contributed by atoms with Crippen LogP contribution in [0.1, 0.15) is 67.9 Å². The number of hydrogen-bond donors (Lipinski definition) is 2. The highest BCUT2D eigenvalue weighted by Crippen LogP contribution is 2.27. The number of hydrogen-bond acceptors (Lipinski definition) is 2. The van der Waals surface area contributed by atoms with E-state index in [9.17, 15) is 5.11 Å². The van der Waals surface area contributed by atoms with Crippen LogP contribution in [0.25, 0.3) is 0 Å². The molecule has 0 radical (unpaired) electrons. The SMILES string of the molecule is CCCCCNC(CC)C(O)c1c(C)cc(C)cc1C. The van der Waals surface area contributed by atoms with E-state index in [-0.39, 0.29) is 6.04 Å². The maximum absolute atomic E-state index is 10.7. The van der Waals surface area contributed by atoms with Gasteiger partial charge in [-0.25, -0.2) is 0 Å². The van der Waals surface area contributed by atoms with Gasteiger partial charge < -0.3 is 10.4 Å². The molecule has 0 saturated heterocycles. The smallest absolute Gasteiger partial charge is 0.0947 e. The Morgan fingerprint density at radius 1 is 1.05 bits per heavy atom. The van der Waals surface area contributed by atoms with Crippen molar-refractivity contribution in [2.75, 3.05) is 6.54 Å². The summed E-state index contributed by atoms with van der Waals surface area (Å²) in [5, 5.41) is 14.2. The summed E-state index contributed by atoms with van der Waals surface area (Å²) in [4.78, 5) is 0. The molecule has 0 fully saturated rings. The fourth-order valence-corrected chi connectivity index (χ4v) is 3.00. The Labute approximate surface area is 124 Å². The van der Waals surface area contributed by atoms with E-state index < -0.39 is 6.10 Å². The van der Waals surface area contributed by atoms with E-state index in [0.717, 1.165) is 18.5 Å². The summed E-state index contributed by atoms with van der Waals surface area (Å²) in [7, 11) is 0. The van der Waals surface area contributed by atoms with Crippen LogP contribution in [0, 0.1) is 20.8 Å². The van der Waals surface area contributed by atoms with Gasteiger partial charge in [0.15, 0.2) is 0 Å². The Balaban J connectivity index is 2.78. The van der Waals surface area contributed by atoms with Gasteiger partial charge in [-0.15, -0.1) is 0 Å². The first kappa shape index (κ1) is 17.2. The highest BCUT2D eigenvalue weighted by molar-refractivity contribution is 5.39. The summed E-state index contributed by atoms with van der Waals surface area (Å²) < 4.78 is 0. The topological polar surface area (TPSA) is 32.3 Å². The van der Waals surface area contributed by atoms with Crippen LogP contribution in [-0.4, -0.2) is 17.7 Å². The van der Waals surface area contributed by atoms with E-state index in [2.05, 4.69) is 52.1 Å². The van der Waals surface area contributed by atoms with Gasteiger partial charge in [-0.2, -0.15) is 0 Å². The van der Waals surface area contributed by atoms with Gasteiger partial charge in [0, 0.05) is 6.04 Å².